The van der Waals surface area contributed by atoms with Crippen LogP contribution in [0.25, 0.3) is 0 Å². The molecule has 19 heavy (non-hydrogen) atoms. The zero-order valence-corrected chi connectivity index (χ0v) is 12.5. The van der Waals surface area contributed by atoms with Crippen molar-refractivity contribution in [3.05, 3.63) is 33.8 Å². The summed E-state index contributed by atoms with van der Waals surface area (Å²) in [5.41, 5.74) is 1.07. The molecule has 0 radical (unpaired) electrons. The maximum Gasteiger partial charge on any atom is 0.237 e. The summed E-state index contributed by atoms with van der Waals surface area (Å²) in [6.07, 6.45) is 2.01. The predicted octanol–water partition coefficient (Wildman–Crippen LogP) is 3.27. The number of likely N-dealkylation sites (N-methyl/N-ethyl adjacent to an activating group) is 1. The number of benzene rings is 1. The number of carbonyl (C=O) groups excluding carboxylic acids is 1. The van der Waals surface area contributed by atoms with Gasteiger partial charge in [0.1, 0.15) is 0 Å². The van der Waals surface area contributed by atoms with E-state index in [2.05, 4.69) is 5.32 Å². The first kappa shape index (κ1) is 14.6. The highest BCUT2D eigenvalue weighted by atomic mass is 35.5. The Morgan fingerprint density at radius 2 is 2.21 bits per heavy atom. The van der Waals surface area contributed by atoms with Crippen molar-refractivity contribution in [2.24, 2.45) is 0 Å². The van der Waals surface area contributed by atoms with Crippen LogP contribution >= 0.6 is 23.2 Å². The van der Waals surface area contributed by atoms with Gasteiger partial charge in [-0.2, -0.15) is 0 Å². The number of nitrogens with one attached hydrogen (secondary N) is 1. The Bertz CT molecular complexity index is 465. The minimum Gasteiger partial charge on any atom is -0.335 e. The van der Waals surface area contributed by atoms with E-state index >= 15 is 0 Å². The van der Waals surface area contributed by atoms with Crippen LogP contribution in [-0.2, 0) is 4.79 Å². The molecule has 1 fully saturated rings. The molecule has 1 atom stereocenters. The molecule has 0 bridgehead atoms. The fraction of sp³-hybridized carbons (Fsp3) is 0.500. The first-order chi connectivity index (χ1) is 9.13. The van der Waals surface area contributed by atoms with Crippen LogP contribution in [0.15, 0.2) is 18.2 Å². The Balaban J connectivity index is 2.13. The number of rotatable bonds is 4. The fourth-order valence-electron chi connectivity index (χ4n) is 2.46. The number of likely N-dealkylation sites (tertiary alicyclic amines) is 1. The van der Waals surface area contributed by atoms with E-state index in [0.717, 1.165) is 31.5 Å². The van der Waals surface area contributed by atoms with E-state index in [1.54, 1.807) is 6.07 Å². The van der Waals surface area contributed by atoms with Gasteiger partial charge in [-0.1, -0.05) is 36.2 Å². The van der Waals surface area contributed by atoms with Gasteiger partial charge in [-0.15, -0.1) is 0 Å². The van der Waals surface area contributed by atoms with Crippen molar-refractivity contribution in [1.29, 1.82) is 0 Å². The number of nitrogens with zero attached hydrogens (tertiary/aromatic N) is 1. The van der Waals surface area contributed by atoms with Crippen LogP contribution in [0.4, 0.5) is 0 Å². The molecule has 0 saturated carbocycles. The maximum absolute atomic E-state index is 12.1. The lowest BCUT2D eigenvalue weighted by molar-refractivity contribution is -0.131. The Hall–Kier alpha value is -0.770. The zero-order chi connectivity index (χ0) is 13.8. The van der Waals surface area contributed by atoms with Gasteiger partial charge in [-0.3, -0.25) is 4.79 Å². The van der Waals surface area contributed by atoms with Crippen LogP contribution in [0.3, 0.4) is 0 Å². The second-order valence-electron chi connectivity index (χ2n) is 4.70. The van der Waals surface area contributed by atoms with Gasteiger partial charge >= 0.3 is 0 Å². The normalized spacial score (nSPS) is 18.9. The molecule has 104 valence electrons. The largest absolute Gasteiger partial charge is 0.335 e. The molecule has 0 aliphatic carbocycles. The van der Waals surface area contributed by atoms with Crippen molar-refractivity contribution in [3.8, 4) is 0 Å². The number of amides is 1. The minimum atomic E-state index is 0.126. The molecule has 1 aliphatic heterocycles. The lowest BCUT2D eigenvalue weighted by atomic mass is 10.0. The van der Waals surface area contributed by atoms with Crippen LogP contribution in [0.2, 0.25) is 10.0 Å². The lowest BCUT2D eigenvalue weighted by Crippen LogP contribution is -2.37. The van der Waals surface area contributed by atoms with E-state index in [9.17, 15) is 4.79 Å². The molecule has 1 aromatic carbocycles. The van der Waals surface area contributed by atoms with Gasteiger partial charge in [0.05, 0.1) is 22.6 Å². The van der Waals surface area contributed by atoms with E-state index in [0.29, 0.717) is 16.6 Å². The van der Waals surface area contributed by atoms with Crippen LogP contribution in [-0.4, -0.2) is 30.4 Å². The Labute approximate surface area is 123 Å². The Morgan fingerprint density at radius 3 is 2.89 bits per heavy atom. The van der Waals surface area contributed by atoms with Gasteiger partial charge in [0.25, 0.3) is 0 Å². The molecule has 3 nitrogen and oxygen atoms in total. The summed E-state index contributed by atoms with van der Waals surface area (Å²) in [4.78, 5) is 14.1. The van der Waals surface area contributed by atoms with Gasteiger partial charge < -0.3 is 10.2 Å². The second kappa shape index (κ2) is 6.60. The third-order valence-corrected chi connectivity index (χ3v) is 4.17. The maximum atomic E-state index is 12.1. The quantitative estimate of drug-likeness (QED) is 0.925. The highest BCUT2D eigenvalue weighted by molar-refractivity contribution is 6.42. The molecule has 1 aromatic rings. The van der Waals surface area contributed by atoms with Crippen LogP contribution in [0, 0.1) is 0 Å². The first-order valence-corrected chi connectivity index (χ1v) is 7.34. The Kier molecular flexibility index (Phi) is 5.08. The van der Waals surface area contributed by atoms with Crippen molar-refractivity contribution < 1.29 is 4.79 Å². The summed E-state index contributed by atoms with van der Waals surface area (Å²) in [5, 5.41) is 4.18. The summed E-state index contributed by atoms with van der Waals surface area (Å²) in [7, 11) is 0. The standard InChI is InChI=1S/C14H18Cl2N2O/c1-2-17-9-14(19)18-7-3-4-13(18)10-5-6-11(15)12(16)8-10/h5-6,8,13,17H,2-4,7,9H2,1H3. The van der Waals surface area contributed by atoms with E-state index in [1.165, 1.54) is 0 Å². The molecule has 1 saturated heterocycles. The van der Waals surface area contributed by atoms with E-state index in [-0.39, 0.29) is 11.9 Å². The molecule has 5 heteroatoms. The molecular formula is C14H18Cl2N2O. The van der Waals surface area contributed by atoms with Gasteiger partial charge in [0, 0.05) is 6.54 Å². The summed E-state index contributed by atoms with van der Waals surface area (Å²) in [6, 6.07) is 5.75. The molecule has 1 aliphatic rings. The molecule has 1 amide bonds. The fourth-order valence-corrected chi connectivity index (χ4v) is 2.77. The summed E-state index contributed by atoms with van der Waals surface area (Å²) in [6.45, 7) is 4.01. The molecule has 2 rings (SSSR count). The summed E-state index contributed by atoms with van der Waals surface area (Å²) in [5.74, 6) is 0.149. The molecule has 0 aromatic heterocycles. The molecule has 1 N–H and O–H groups in total. The smallest absolute Gasteiger partial charge is 0.237 e. The van der Waals surface area contributed by atoms with Crippen LogP contribution < -0.4 is 5.32 Å². The van der Waals surface area contributed by atoms with Crippen molar-refractivity contribution in [1.82, 2.24) is 10.2 Å². The lowest BCUT2D eigenvalue weighted by Gasteiger charge is -2.25. The van der Waals surface area contributed by atoms with E-state index in [1.807, 2.05) is 24.0 Å². The van der Waals surface area contributed by atoms with Crippen LogP contribution in [0.5, 0.6) is 0 Å². The topological polar surface area (TPSA) is 32.3 Å². The first-order valence-electron chi connectivity index (χ1n) is 6.58. The molecule has 1 heterocycles. The number of carbonyl (C=O) groups is 1. The van der Waals surface area contributed by atoms with Crippen molar-refractivity contribution in [3.63, 3.8) is 0 Å². The van der Waals surface area contributed by atoms with Crippen molar-refractivity contribution in [2.45, 2.75) is 25.8 Å². The van der Waals surface area contributed by atoms with Crippen molar-refractivity contribution >= 4 is 29.1 Å². The molecule has 0 spiro atoms. The minimum absolute atomic E-state index is 0.126. The van der Waals surface area contributed by atoms with Gasteiger partial charge in [-0.25, -0.2) is 0 Å². The number of hydrogen-bond donors (Lipinski definition) is 1. The van der Waals surface area contributed by atoms with Gasteiger partial charge in [0.15, 0.2) is 0 Å². The zero-order valence-electron chi connectivity index (χ0n) is 11.0. The highest BCUT2D eigenvalue weighted by Crippen LogP contribution is 2.34. The third-order valence-electron chi connectivity index (χ3n) is 3.43. The second-order valence-corrected chi connectivity index (χ2v) is 5.51. The Morgan fingerprint density at radius 1 is 1.42 bits per heavy atom. The van der Waals surface area contributed by atoms with Gasteiger partial charge in [0.2, 0.25) is 5.91 Å². The van der Waals surface area contributed by atoms with E-state index < -0.39 is 0 Å². The molecular weight excluding hydrogens is 283 g/mol. The van der Waals surface area contributed by atoms with Gasteiger partial charge in [-0.05, 0) is 37.1 Å². The highest BCUT2D eigenvalue weighted by Gasteiger charge is 2.29. The molecule has 1 unspecified atom stereocenters. The third kappa shape index (κ3) is 3.41. The summed E-state index contributed by atoms with van der Waals surface area (Å²) >= 11 is 12.0. The van der Waals surface area contributed by atoms with Crippen molar-refractivity contribution in [2.75, 3.05) is 19.6 Å². The monoisotopic (exact) mass is 300 g/mol. The number of halogens is 2. The summed E-state index contributed by atoms with van der Waals surface area (Å²) < 4.78 is 0. The average molecular weight is 301 g/mol. The predicted molar refractivity (Wildman–Crippen MR) is 78.7 cm³/mol. The van der Waals surface area contributed by atoms with Crippen LogP contribution in [0.1, 0.15) is 31.4 Å². The average Bonchev–Trinajstić information content (AvgIpc) is 2.88. The number of hydrogen-bond acceptors (Lipinski definition) is 2. The SMILES string of the molecule is CCNCC(=O)N1CCCC1c1ccc(Cl)c(Cl)c1. The van der Waals surface area contributed by atoms with E-state index in [4.69, 9.17) is 23.2 Å².